The average Bonchev–Trinajstić information content (AvgIpc) is 3.51. The Morgan fingerprint density at radius 1 is 0.308 bits per heavy atom. The summed E-state index contributed by atoms with van der Waals surface area (Å²) in [6.07, 6.45) is 0. The predicted molar refractivity (Wildman–Crippen MR) is 172 cm³/mol. The molecule has 9 rings (SSSR count). The van der Waals surface area contributed by atoms with Crippen LogP contribution in [0.3, 0.4) is 0 Å². The summed E-state index contributed by atoms with van der Waals surface area (Å²) in [5.41, 5.74) is 5.12. The first-order valence-electron chi connectivity index (χ1n) is 13.4. The number of halogens is 1. The molecule has 9 aromatic carbocycles. The van der Waals surface area contributed by atoms with E-state index < -0.39 is 0 Å². The van der Waals surface area contributed by atoms with Crippen LogP contribution in [0, 0.1) is 0 Å². The standard InChI is InChI=1S/C38H21Br/c39-32-21-20-31-33-28(32)17-9-18-29(33)37-34(25-14-6-4-12-23(25)22-10-2-1-3-11-22)30-19-8-16-26-24-13-5-7-15-27(24)36(35(26)30)38(31)37/h1-21H. The number of benzene rings is 7. The third-order valence-corrected chi connectivity index (χ3v) is 9.32. The van der Waals surface area contributed by atoms with Gasteiger partial charge in [-0.25, -0.2) is 0 Å². The number of rotatable bonds is 2. The molecule has 0 bridgehead atoms. The minimum atomic E-state index is 1.14. The lowest BCUT2D eigenvalue weighted by atomic mass is 9.87. The summed E-state index contributed by atoms with van der Waals surface area (Å²) >= 11 is 3.86. The van der Waals surface area contributed by atoms with Crippen molar-refractivity contribution in [1.29, 1.82) is 0 Å². The molecule has 0 saturated carbocycles. The zero-order valence-electron chi connectivity index (χ0n) is 21.0. The van der Waals surface area contributed by atoms with E-state index in [4.69, 9.17) is 0 Å². The summed E-state index contributed by atoms with van der Waals surface area (Å²) < 4.78 is 1.14. The Labute approximate surface area is 233 Å². The van der Waals surface area contributed by atoms with Crippen LogP contribution in [0.15, 0.2) is 132 Å². The Morgan fingerprint density at radius 2 is 0.872 bits per heavy atom. The highest BCUT2D eigenvalue weighted by molar-refractivity contribution is 9.10. The van der Waals surface area contributed by atoms with Gasteiger partial charge >= 0.3 is 0 Å². The molecule has 0 N–H and O–H groups in total. The van der Waals surface area contributed by atoms with Gasteiger partial charge in [0.1, 0.15) is 0 Å². The molecule has 0 saturated heterocycles. The molecule has 0 heterocycles. The third-order valence-electron chi connectivity index (χ3n) is 8.63. The van der Waals surface area contributed by atoms with Crippen LogP contribution in [0.25, 0.3) is 86.9 Å². The molecule has 0 nitrogen and oxygen atoms in total. The largest absolute Gasteiger partial charge is 0.0622 e. The van der Waals surface area contributed by atoms with E-state index in [9.17, 15) is 0 Å². The first-order chi connectivity index (χ1) is 19.3. The molecule has 0 radical (unpaired) electrons. The molecule has 1 heteroatoms. The Morgan fingerprint density at radius 3 is 1.72 bits per heavy atom. The van der Waals surface area contributed by atoms with Crippen molar-refractivity contribution in [3.05, 3.63) is 132 Å². The normalized spacial score (nSPS) is 12.2. The van der Waals surface area contributed by atoms with Crippen molar-refractivity contribution in [1.82, 2.24) is 0 Å². The van der Waals surface area contributed by atoms with E-state index in [1.807, 2.05) is 0 Å². The highest BCUT2D eigenvalue weighted by Crippen LogP contribution is 2.54. The maximum atomic E-state index is 3.86. The molecule has 9 aromatic rings. The van der Waals surface area contributed by atoms with Gasteiger partial charge in [-0.05, 0) is 93.0 Å². The van der Waals surface area contributed by atoms with Gasteiger partial charge in [0, 0.05) is 4.47 Å². The van der Waals surface area contributed by atoms with E-state index >= 15 is 0 Å². The van der Waals surface area contributed by atoms with Crippen molar-refractivity contribution in [2.45, 2.75) is 0 Å². The highest BCUT2D eigenvalue weighted by atomic mass is 79.9. The molecule has 0 aliphatic rings. The molecule has 180 valence electrons. The lowest BCUT2D eigenvalue weighted by Gasteiger charge is -2.16. The lowest BCUT2D eigenvalue weighted by molar-refractivity contribution is 1.61. The molecule has 0 aliphatic heterocycles. The van der Waals surface area contributed by atoms with Gasteiger partial charge in [-0.3, -0.25) is 0 Å². The summed E-state index contributed by atoms with van der Waals surface area (Å²) in [5.74, 6) is 0. The van der Waals surface area contributed by atoms with E-state index in [-0.39, 0.29) is 0 Å². The Balaban J connectivity index is 1.64. The van der Waals surface area contributed by atoms with E-state index in [1.165, 1.54) is 86.9 Å². The second-order valence-corrected chi connectivity index (χ2v) is 11.4. The van der Waals surface area contributed by atoms with Gasteiger partial charge in [0.2, 0.25) is 0 Å². The van der Waals surface area contributed by atoms with Crippen molar-refractivity contribution < 1.29 is 0 Å². The molecule has 0 aromatic heterocycles. The first-order valence-corrected chi connectivity index (χ1v) is 14.2. The fourth-order valence-electron chi connectivity index (χ4n) is 7.15. The zero-order valence-corrected chi connectivity index (χ0v) is 22.6. The Kier molecular flexibility index (Phi) is 4.29. The molecular formula is C38H21Br. The van der Waals surface area contributed by atoms with Crippen LogP contribution in [0.1, 0.15) is 0 Å². The van der Waals surface area contributed by atoms with Crippen molar-refractivity contribution in [3.63, 3.8) is 0 Å². The van der Waals surface area contributed by atoms with E-state index in [2.05, 4.69) is 143 Å². The quantitative estimate of drug-likeness (QED) is 0.198. The van der Waals surface area contributed by atoms with Gasteiger partial charge in [-0.15, -0.1) is 0 Å². The predicted octanol–water partition coefficient (Wildman–Crippen LogP) is 11.6. The van der Waals surface area contributed by atoms with Crippen molar-refractivity contribution in [2.75, 3.05) is 0 Å². The van der Waals surface area contributed by atoms with Gasteiger partial charge in [0.15, 0.2) is 0 Å². The van der Waals surface area contributed by atoms with Gasteiger partial charge in [0.05, 0.1) is 0 Å². The van der Waals surface area contributed by atoms with Gasteiger partial charge < -0.3 is 0 Å². The number of hydrogen-bond donors (Lipinski definition) is 0. The molecule has 39 heavy (non-hydrogen) atoms. The minimum absolute atomic E-state index is 1.14. The maximum absolute atomic E-state index is 3.86. The highest BCUT2D eigenvalue weighted by Gasteiger charge is 2.25. The smallest absolute Gasteiger partial charge is 0.0254 e. The van der Waals surface area contributed by atoms with Crippen LogP contribution in [0.5, 0.6) is 0 Å². The summed E-state index contributed by atoms with van der Waals surface area (Å²) in [6.45, 7) is 0. The molecule has 0 atom stereocenters. The summed E-state index contributed by atoms with van der Waals surface area (Å²) in [7, 11) is 0. The number of hydrogen-bond acceptors (Lipinski definition) is 0. The molecule has 0 amide bonds. The maximum Gasteiger partial charge on any atom is 0.0254 e. The van der Waals surface area contributed by atoms with E-state index in [1.54, 1.807) is 0 Å². The lowest BCUT2D eigenvalue weighted by Crippen LogP contribution is -1.89. The molecule has 0 fully saturated rings. The molecular weight excluding hydrogens is 536 g/mol. The van der Waals surface area contributed by atoms with Crippen LogP contribution in [-0.4, -0.2) is 0 Å². The fourth-order valence-corrected chi connectivity index (χ4v) is 7.61. The van der Waals surface area contributed by atoms with Crippen molar-refractivity contribution in [2.24, 2.45) is 0 Å². The van der Waals surface area contributed by atoms with Crippen LogP contribution in [-0.2, 0) is 0 Å². The Hall–Kier alpha value is -4.46. The number of fused-ring (bicyclic) bond motifs is 7. The van der Waals surface area contributed by atoms with Crippen LogP contribution in [0.4, 0.5) is 0 Å². The van der Waals surface area contributed by atoms with Crippen molar-refractivity contribution in [3.8, 4) is 22.3 Å². The van der Waals surface area contributed by atoms with E-state index in [0.29, 0.717) is 0 Å². The van der Waals surface area contributed by atoms with Crippen LogP contribution >= 0.6 is 15.9 Å². The van der Waals surface area contributed by atoms with E-state index in [0.717, 1.165) is 4.47 Å². The second kappa shape index (κ2) is 7.79. The van der Waals surface area contributed by atoms with Gasteiger partial charge in [-0.1, -0.05) is 137 Å². The van der Waals surface area contributed by atoms with Gasteiger partial charge in [-0.2, -0.15) is 0 Å². The third kappa shape index (κ3) is 2.73. The molecule has 0 aliphatic carbocycles. The Bertz CT molecular complexity index is 2380. The zero-order chi connectivity index (χ0) is 25.7. The second-order valence-electron chi connectivity index (χ2n) is 10.5. The fraction of sp³-hybridized carbons (Fsp3) is 0. The van der Waals surface area contributed by atoms with Crippen LogP contribution < -0.4 is 0 Å². The minimum Gasteiger partial charge on any atom is -0.0622 e. The average molecular weight is 557 g/mol. The SMILES string of the molecule is Brc1ccc2c3c1cccc3c1c(-c3ccccc3-c3ccccc3)c3cccc4c5ccccc5c(c34)c21. The van der Waals surface area contributed by atoms with Gasteiger partial charge in [0.25, 0.3) is 0 Å². The monoisotopic (exact) mass is 556 g/mol. The van der Waals surface area contributed by atoms with Crippen LogP contribution in [0.2, 0.25) is 0 Å². The summed E-state index contributed by atoms with van der Waals surface area (Å²) in [5, 5.41) is 16.1. The first kappa shape index (κ1) is 21.5. The molecule has 0 spiro atoms. The summed E-state index contributed by atoms with van der Waals surface area (Å²) in [4.78, 5) is 0. The topological polar surface area (TPSA) is 0 Å². The van der Waals surface area contributed by atoms with Crippen molar-refractivity contribution >= 4 is 80.6 Å². The summed E-state index contributed by atoms with van der Waals surface area (Å²) in [6, 6.07) is 46.9. The molecule has 0 unspecified atom stereocenters.